The van der Waals surface area contributed by atoms with Gasteiger partial charge in [-0.15, -0.1) is 0 Å². The van der Waals surface area contributed by atoms with Crippen molar-refractivity contribution in [2.24, 2.45) is 0 Å². The minimum atomic E-state index is -0.562. The van der Waals surface area contributed by atoms with Crippen LogP contribution in [0.5, 0.6) is 0 Å². The molecule has 1 N–H and O–H groups in total. The van der Waals surface area contributed by atoms with Crippen molar-refractivity contribution in [2.45, 2.75) is 6.54 Å². The van der Waals surface area contributed by atoms with Gasteiger partial charge in [0.15, 0.2) is 11.2 Å². The molecule has 142 valence electrons. The van der Waals surface area contributed by atoms with Crippen molar-refractivity contribution in [2.75, 3.05) is 5.32 Å². The van der Waals surface area contributed by atoms with E-state index in [1.165, 1.54) is 4.57 Å². The lowest BCUT2D eigenvalue weighted by molar-refractivity contribution is -0.116. The fourth-order valence-electron chi connectivity index (χ4n) is 3.20. The highest BCUT2D eigenvalue weighted by atomic mass is 16.4. The Bertz CT molecular complexity index is 1360. The van der Waals surface area contributed by atoms with Gasteiger partial charge in [0.2, 0.25) is 11.8 Å². The summed E-state index contributed by atoms with van der Waals surface area (Å²) in [6.45, 7) is -0.136. The Morgan fingerprint density at radius 1 is 0.897 bits per heavy atom. The van der Waals surface area contributed by atoms with Gasteiger partial charge in [-0.2, -0.15) is 0 Å². The van der Waals surface area contributed by atoms with E-state index < -0.39 is 5.76 Å². The number of hydrogen-bond acceptors (Lipinski definition) is 5. The molecule has 5 rings (SSSR count). The Hall–Kier alpha value is -4.13. The van der Waals surface area contributed by atoms with Crippen LogP contribution in [0.3, 0.4) is 0 Å². The number of aromatic nitrogens is 2. The topological polar surface area (TPSA) is 90.3 Å². The molecule has 5 aromatic rings. The molecule has 7 nitrogen and oxygen atoms in total. The van der Waals surface area contributed by atoms with Gasteiger partial charge in [-0.25, -0.2) is 9.78 Å². The highest BCUT2D eigenvalue weighted by molar-refractivity contribution is 5.91. The van der Waals surface area contributed by atoms with Gasteiger partial charge < -0.3 is 14.2 Å². The Morgan fingerprint density at radius 2 is 1.62 bits per heavy atom. The lowest BCUT2D eigenvalue weighted by Crippen LogP contribution is -2.24. The lowest BCUT2D eigenvalue weighted by Gasteiger charge is -2.06. The second kappa shape index (κ2) is 6.79. The van der Waals surface area contributed by atoms with Gasteiger partial charge in [-0.3, -0.25) is 9.36 Å². The van der Waals surface area contributed by atoms with E-state index in [4.69, 9.17) is 8.83 Å². The third-order valence-electron chi connectivity index (χ3n) is 4.58. The van der Waals surface area contributed by atoms with E-state index in [2.05, 4.69) is 10.3 Å². The van der Waals surface area contributed by atoms with Crippen molar-refractivity contribution in [3.63, 3.8) is 0 Å². The van der Waals surface area contributed by atoms with Crippen LogP contribution in [0.4, 0.5) is 5.69 Å². The molecule has 0 aliphatic rings. The second-order valence-corrected chi connectivity index (χ2v) is 6.53. The number of fused-ring (bicyclic) bond motifs is 2. The third kappa shape index (κ3) is 3.19. The molecule has 2 heterocycles. The number of nitrogens with zero attached hydrogens (tertiary/aromatic N) is 2. The van der Waals surface area contributed by atoms with Gasteiger partial charge in [0, 0.05) is 11.3 Å². The zero-order valence-corrected chi connectivity index (χ0v) is 15.2. The predicted molar refractivity (Wildman–Crippen MR) is 109 cm³/mol. The van der Waals surface area contributed by atoms with Crippen LogP contribution in [-0.2, 0) is 11.3 Å². The van der Waals surface area contributed by atoms with Gasteiger partial charge in [0.25, 0.3) is 0 Å². The molecule has 3 aromatic carbocycles. The Labute approximate surface area is 164 Å². The number of rotatable bonds is 4. The molecule has 0 spiro atoms. The number of anilines is 1. The number of benzene rings is 3. The summed E-state index contributed by atoms with van der Waals surface area (Å²) in [5.41, 5.74) is 3.95. The van der Waals surface area contributed by atoms with E-state index >= 15 is 0 Å². The minimum absolute atomic E-state index is 0.136. The Kier molecular flexibility index (Phi) is 3.98. The van der Waals surface area contributed by atoms with Crippen molar-refractivity contribution in [3.05, 3.63) is 83.3 Å². The van der Waals surface area contributed by atoms with Crippen LogP contribution in [0.2, 0.25) is 0 Å². The van der Waals surface area contributed by atoms with Crippen LogP contribution in [0.15, 0.2) is 86.4 Å². The molecule has 0 unspecified atom stereocenters. The summed E-state index contributed by atoms with van der Waals surface area (Å²) < 4.78 is 12.2. The largest absolute Gasteiger partial charge is 0.436 e. The molecule has 0 saturated heterocycles. The molecule has 0 bridgehead atoms. The molecule has 7 heteroatoms. The maximum atomic E-state index is 12.4. The second-order valence-electron chi connectivity index (χ2n) is 6.53. The number of amides is 1. The first kappa shape index (κ1) is 17.0. The number of carbonyl (C=O) groups is 1. The SMILES string of the molecule is O=C(Cn1c(=O)oc2ccccc21)Nc1ccc(-c2nc3ccccc3o2)cc1. The quantitative estimate of drug-likeness (QED) is 0.504. The summed E-state index contributed by atoms with van der Waals surface area (Å²) >= 11 is 0. The van der Waals surface area contributed by atoms with Crippen LogP contribution in [0.25, 0.3) is 33.7 Å². The first-order valence-corrected chi connectivity index (χ1v) is 9.02. The van der Waals surface area contributed by atoms with E-state index in [1.807, 2.05) is 36.4 Å². The molecule has 0 aliphatic carbocycles. The van der Waals surface area contributed by atoms with Crippen molar-refractivity contribution < 1.29 is 13.6 Å². The number of hydrogen-bond donors (Lipinski definition) is 1. The summed E-state index contributed by atoms with van der Waals surface area (Å²) in [7, 11) is 0. The van der Waals surface area contributed by atoms with Gasteiger partial charge in [0.1, 0.15) is 12.1 Å². The summed E-state index contributed by atoms with van der Waals surface area (Å²) in [5.74, 6) is -0.374. The number of para-hydroxylation sites is 4. The van der Waals surface area contributed by atoms with Crippen molar-refractivity contribution in [1.82, 2.24) is 9.55 Å². The highest BCUT2D eigenvalue weighted by Gasteiger charge is 2.13. The van der Waals surface area contributed by atoms with E-state index in [1.54, 1.807) is 36.4 Å². The number of nitrogens with one attached hydrogen (secondary N) is 1. The summed E-state index contributed by atoms with van der Waals surface area (Å²) in [6, 6.07) is 21.7. The monoisotopic (exact) mass is 385 g/mol. The molecule has 0 saturated carbocycles. The average Bonchev–Trinajstić information content (AvgIpc) is 3.30. The molecule has 0 radical (unpaired) electrons. The van der Waals surface area contributed by atoms with Crippen molar-refractivity contribution in [3.8, 4) is 11.5 Å². The molecule has 0 fully saturated rings. The zero-order valence-electron chi connectivity index (χ0n) is 15.2. The Balaban J connectivity index is 1.33. The summed E-state index contributed by atoms with van der Waals surface area (Å²) in [4.78, 5) is 28.9. The Morgan fingerprint density at radius 3 is 2.41 bits per heavy atom. The van der Waals surface area contributed by atoms with Gasteiger partial charge in [-0.05, 0) is 48.5 Å². The standard InChI is InChI=1S/C22H15N3O4/c26-20(13-25-17-6-2-4-8-19(17)29-22(25)27)23-15-11-9-14(10-12-15)21-24-16-5-1-3-7-18(16)28-21/h1-12H,13H2,(H,23,26). The highest BCUT2D eigenvalue weighted by Crippen LogP contribution is 2.25. The number of oxazole rings is 2. The molecule has 0 atom stereocenters. The van der Waals surface area contributed by atoms with Gasteiger partial charge in [0.05, 0.1) is 5.52 Å². The molecule has 2 aromatic heterocycles. The van der Waals surface area contributed by atoms with E-state index in [0.717, 1.165) is 16.7 Å². The van der Waals surface area contributed by atoms with E-state index in [-0.39, 0.29) is 12.5 Å². The molecule has 0 aliphatic heterocycles. The fraction of sp³-hybridized carbons (Fsp3) is 0.0455. The van der Waals surface area contributed by atoms with Crippen LogP contribution >= 0.6 is 0 Å². The fourth-order valence-corrected chi connectivity index (χ4v) is 3.20. The predicted octanol–water partition coefficient (Wildman–Crippen LogP) is 4.04. The summed E-state index contributed by atoms with van der Waals surface area (Å²) in [6.07, 6.45) is 0. The van der Waals surface area contributed by atoms with E-state index in [9.17, 15) is 9.59 Å². The maximum Gasteiger partial charge on any atom is 0.420 e. The van der Waals surface area contributed by atoms with Gasteiger partial charge in [-0.1, -0.05) is 24.3 Å². The normalized spacial score (nSPS) is 11.2. The van der Waals surface area contributed by atoms with Crippen LogP contribution in [-0.4, -0.2) is 15.5 Å². The molecular formula is C22H15N3O4. The first-order valence-electron chi connectivity index (χ1n) is 9.02. The van der Waals surface area contributed by atoms with Crippen molar-refractivity contribution >= 4 is 33.8 Å². The van der Waals surface area contributed by atoms with E-state index in [0.29, 0.717) is 22.7 Å². The zero-order chi connectivity index (χ0) is 19.8. The first-order chi connectivity index (χ1) is 14.2. The van der Waals surface area contributed by atoms with Gasteiger partial charge >= 0.3 is 5.76 Å². The minimum Gasteiger partial charge on any atom is -0.436 e. The van der Waals surface area contributed by atoms with Crippen LogP contribution < -0.4 is 11.1 Å². The molecule has 1 amide bonds. The van der Waals surface area contributed by atoms with Crippen LogP contribution in [0.1, 0.15) is 0 Å². The maximum absolute atomic E-state index is 12.4. The lowest BCUT2D eigenvalue weighted by atomic mass is 10.2. The average molecular weight is 385 g/mol. The smallest absolute Gasteiger partial charge is 0.420 e. The molecule has 29 heavy (non-hydrogen) atoms. The molecular weight excluding hydrogens is 370 g/mol. The number of carbonyl (C=O) groups excluding carboxylic acids is 1. The summed E-state index contributed by atoms with van der Waals surface area (Å²) in [5, 5.41) is 2.79. The van der Waals surface area contributed by atoms with Crippen LogP contribution in [0, 0.1) is 0 Å². The third-order valence-corrected chi connectivity index (χ3v) is 4.58. The van der Waals surface area contributed by atoms with Crippen molar-refractivity contribution in [1.29, 1.82) is 0 Å².